The van der Waals surface area contributed by atoms with Crippen LogP contribution in [-0.4, -0.2) is 21.3 Å². The van der Waals surface area contributed by atoms with Crippen LogP contribution in [0.4, 0.5) is 0 Å². The number of aromatic carboxylic acids is 1. The Morgan fingerprint density at radius 3 is 2.43 bits per heavy atom. The molecule has 2 N–H and O–H groups in total. The maximum atomic E-state index is 11.0. The Bertz CT molecular complexity index is 683. The lowest BCUT2D eigenvalue weighted by atomic mass is 9.96. The quantitative estimate of drug-likeness (QED) is 0.646. The number of carbonyl (C=O) groups is 1. The van der Waals surface area contributed by atoms with Gasteiger partial charge in [-0.2, -0.15) is 0 Å². The monoisotopic (exact) mass is 289 g/mol. The van der Waals surface area contributed by atoms with Crippen molar-refractivity contribution in [1.29, 1.82) is 0 Å². The highest BCUT2D eigenvalue weighted by molar-refractivity contribution is 5.93. The van der Waals surface area contributed by atoms with Crippen LogP contribution in [0.5, 0.6) is 5.75 Å². The van der Waals surface area contributed by atoms with Gasteiger partial charge in [-0.25, -0.2) is 4.79 Å². The molecule has 0 aliphatic rings. The Morgan fingerprint density at radius 1 is 1.19 bits per heavy atom. The number of carboxylic acids is 1. The van der Waals surface area contributed by atoms with Crippen molar-refractivity contribution in [3.8, 4) is 16.9 Å². The molecule has 0 atom stereocenters. The van der Waals surface area contributed by atoms with Crippen LogP contribution in [0.3, 0.4) is 0 Å². The first-order valence-electron chi connectivity index (χ1n) is 5.91. The molecule has 0 radical (unpaired) electrons. The molecule has 2 rings (SSSR count). The Labute approximate surface area is 119 Å². The van der Waals surface area contributed by atoms with Gasteiger partial charge in [0.25, 0.3) is 5.09 Å². The van der Waals surface area contributed by atoms with E-state index in [9.17, 15) is 20.0 Å². The fourth-order valence-electron chi connectivity index (χ4n) is 1.96. The molecule has 7 nitrogen and oxygen atoms in total. The summed E-state index contributed by atoms with van der Waals surface area (Å²) in [6, 6.07) is 11.5. The van der Waals surface area contributed by atoms with Crippen LogP contribution in [0.1, 0.15) is 15.9 Å². The van der Waals surface area contributed by atoms with E-state index in [2.05, 4.69) is 4.84 Å². The third-order valence-corrected chi connectivity index (χ3v) is 2.91. The van der Waals surface area contributed by atoms with Gasteiger partial charge in [0, 0.05) is 5.56 Å². The Balaban J connectivity index is 2.56. The van der Waals surface area contributed by atoms with Crippen molar-refractivity contribution >= 4 is 5.97 Å². The lowest BCUT2D eigenvalue weighted by Gasteiger charge is -2.13. The lowest BCUT2D eigenvalue weighted by molar-refractivity contribution is -0.763. The second-order valence-electron chi connectivity index (χ2n) is 4.16. The van der Waals surface area contributed by atoms with E-state index in [0.29, 0.717) is 11.1 Å². The van der Waals surface area contributed by atoms with Gasteiger partial charge < -0.3 is 15.1 Å². The standard InChI is InChI=1S/C14H11NO6/c16-13-11(14(17)18)7-6-10(9-4-2-1-3-5-9)12(13)8-21-15(19)20/h1-7,16H,8H2,(H,17,18). The normalized spacial score (nSPS) is 10.1. The molecule has 108 valence electrons. The summed E-state index contributed by atoms with van der Waals surface area (Å²) < 4.78 is 0. The minimum atomic E-state index is -1.32. The van der Waals surface area contributed by atoms with Gasteiger partial charge in [-0.3, -0.25) is 0 Å². The second-order valence-corrected chi connectivity index (χ2v) is 4.16. The maximum absolute atomic E-state index is 11.0. The Morgan fingerprint density at radius 2 is 1.86 bits per heavy atom. The summed E-state index contributed by atoms with van der Waals surface area (Å²) in [5.41, 5.74) is 0.876. The largest absolute Gasteiger partial charge is 0.507 e. The molecule has 0 saturated heterocycles. The van der Waals surface area contributed by atoms with Gasteiger partial charge >= 0.3 is 5.97 Å². The molecule has 2 aromatic rings. The predicted octanol–water partition coefficient (Wildman–Crippen LogP) is 2.47. The molecule has 0 amide bonds. The topological polar surface area (TPSA) is 110 Å². The number of benzene rings is 2. The Hall–Kier alpha value is -3.09. The Kier molecular flexibility index (Phi) is 4.03. The van der Waals surface area contributed by atoms with E-state index >= 15 is 0 Å². The summed E-state index contributed by atoms with van der Waals surface area (Å²) >= 11 is 0. The zero-order valence-electron chi connectivity index (χ0n) is 10.7. The average Bonchev–Trinajstić information content (AvgIpc) is 2.46. The number of phenols is 1. The fraction of sp³-hybridized carbons (Fsp3) is 0.0714. The van der Waals surface area contributed by atoms with Crippen molar-refractivity contribution in [2.75, 3.05) is 0 Å². The van der Waals surface area contributed by atoms with Gasteiger partial charge in [0.1, 0.15) is 17.9 Å². The van der Waals surface area contributed by atoms with Gasteiger partial charge in [-0.1, -0.05) is 36.4 Å². The van der Waals surface area contributed by atoms with Gasteiger partial charge in [0.15, 0.2) is 0 Å². The summed E-state index contributed by atoms with van der Waals surface area (Å²) in [6.07, 6.45) is 0. The highest BCUT2D eigenvalue weighted by Crippen LogP contribution is 2.33. The molecular weight excluding hydrogens is 278 g/mol. The first-order valence-corrected chi connectivity index (χ1v) is 5.91. The number of carboxylic acid groups (broad SMARTS) is 1. The number of rotatable bonds is 5. The summed E-state index contributed by atoms with van der Waals surface area (Å²) in [4.78, 5) is 25.6. The average molecular weight is 289 g/mol. The number of aromatic hydroxyl groups is 1. The van der Waals surface area contributed by atoms with Crippen molar-refractivity contribution in [3.05, 3.63) is 63.7 Å². The van der Waals surface area contributed by atoms with E-state index in [1.54, 1.807) is 30.3 Å². The van der Waals surface area contributed by atoms with E-state index < -0.39 is 23.4 Å². The molecule has 2 aromatic carbocycles. The SMILES string of the molecule is O=C(O)c1ccc(-c2ccccc2)c(CO[N+](=O)[O-])c1O. The number of nitrogens with zero attached hydrogens (tertiary/aromatic N) is 1. The predicted molar refractivity (Wildman–Crippen MR) is 72.3 cm³/mol. The van der Waals surface area contributed by atoms with Crippen LogP contribution >= 0.6 is 0 Å². The summed E-state index contributed by atoms with van der Waals surface area (Å²) in [6.45, 7) is -0.538. The minimum Gasteiger partial charge on any atom is -0.507 e. The smallest absolute Gasteiger partial charge is 0.339 e. The third kappa shape index (κ3) is 3.08. The van der Waals surface area contributed by atoms with Crippen LogP contribution < -0.4 is 0 Å². The van der Waals surface area contributed by atoms with Crippen molar-refractivity contribution in [2.24, 2.45) is 0 Å². The lowest BCUT2D eigenvalue weighted by Crippen LogP contribution is -2.05. The van der Waals surface area contributed by atoms with Crippen LogP contribution in [0.25, 0.3) is 11.1 Å². The van der Waals surface area contributed by atoms with Crippen LogP contribution in [0, 0.1) is 10.1 Å². The van der Waals surface area contributed by atoms with Crippen LogP contribution in [-0.2, 0) is 11.4 Å². The molecule has 0 aliphatic heterocycles. The zero-order valence-corrected chi connectivity index (χ0v) is 10.7. The summed E-state index contributed by atoms with van der Waals surface area (Å²) in [5.74, 6) is -1.86. The van der Waals surface area contributed by atoms with E-state index in [1.165, 1.54) is 12.1 Å². The van der Waals surface area contributed by atoms with Crippen molar-refractivity contribution in [3.63, 3.8) is 0 Å². The molecule has 0 saturated carbocycles. The number of hydrogen-bond donors (Lipinski definition) is 2. The summed E-state index contributed by atoms with van der Waals surface area (Å²) in [5, 5.41) is 28.4. The maximum Gasteiger partial charge on any atom is 0.339 e. The summed E-state index contributed by atoms with van der Waals surface area (Å²) in [7, 11) is 0. The van der Waals surface area contributed by atoms with Crippen molar-refractivity contribution in [2.45, 2.75) is 6.61 Å². The minimum absolute atomic E-state index is 0.0535. The van der Waals surface area contributed by atoms with E-state index in [4.69, 9.17) is 5.11 Å². The van der Waals surface area contributed by atoms with Crippen molar-refractivity contribution < 1.29 is 24.9 Å². The van der Waals surface area contributed by atoms with Crippen LogP contribution in [0.15, 0.2) is 42.5 Å². The molecule has 0 fully saturated rings. The van der Waals surface area contributed by atoms with E-state index in [1.807, 2.05) is 0 Å². The van der Waals surface area contributed by atoms with Crippen LogP contribution in [0.2, 0.25) is 0 Å². The van der Waals surface area contributed by atoms with Crippen molar-refractivity contribution in [1.82, 2.24) is 0 Å². The van der Waals surface area contributed by atoms with Gasteiger partial charge in [-0.15, -0.1) is 10.1 Å². The molecule has 7 heteroatoms. The molecule has 0 aromatic heterocycles. The van der Waals surface area contributed by atoms with E-state index in [0.717, 1.165) is 0 Å². The van der Waals surface area contributed by atoms with Gasteiger partial charge in [0.05, 0.1) is 0 Å². The first-order chi connectivity index (χ1) is 10.0. The fourth-order valence-corrected chi connectivity index (χ4v) is 1.96. The van der Waals surface area contributed by atoms with E-state index in [-0.39, 0.29) is 11.1 Å². The molecule has 0 aliphatic carbocycles. The number of hydrogen-bond acceptors (Lipinski definition) is 5. The second kappa shape index (κ2) is 5.91. The molecule has 0 unspecified atom stereocenters. The highest BCUT2D eigenvalue weighted by atomic mass is 16.9. The molecular formula is C14H11NO6. The highest BCUT2D eigenvalue weighted by Gasteiger charge is 2.18. The molecule has 0 bridgehead atoms. The first kappa shape index (κ1) is 14.3. The van der Waals surface area contributed by atoms with Gasteiger partial charge in [-0.05, 0) is 17.2 Å². The van der Waals surface area contributed by atoms with Gasteiger partial charge in [0.2, 0.25) is 0 Å². The third-order valence-electron chi connectivity index (χ3n) is 2.91. The molecule has 0 heterocycles. The molecule has 21 heavy (non-hydrogen) atoms. The molecule has 0 spiro atoms. The zero-order chi connectivity index (χ0) is 15.4.